The van der Waals surface area contributed by atoms with Gasteiger partial charge in [-0.1, -0.05) is 6.92 Å². The van der Waals surface area contributed by atoms with Crippen LogP contribution < -0.4 is 5.32 Å². The van der Waals surface area contributed by atoms with E-state index in [0.717, 1.165) is 12.3 Å². The Morgan fingerprint density at radius 3 is 2.64 bits per heavy atom. The molecule has 0 bridgehead atoms. The molecule has 3 nitrogen and oxygen atoms in total. The normalized spacial score (nSPS) is 20.8. The average molecular weight is 201 g/mol. The minimum Gasteiger partial charge on any atom is -0.396 e. The molecule has 0 heterocycles. The highest BCUT2D eigenvalue weighted by molar-refractivity contribution is 4.87. The zero-order valence-electron chi connectivity index (χ0n) is 9.33. The van der Waals surface area contributed by atoms with Crippen molar-refractivity contribution < 1.29 is 9.84 Å². The van der Waals surface area contributed by atoms with Crippen molar-refractivity contribution in [2.75, 3.05) is 20.3 Å². The number of aliphatic hydroxyl groups excluding tert-OH is 1. The molecule has 0 aromatic rings. The Morgan fingerprint density at radius 1 is 1.50 bits per heavy atom. The fourth-order valence-electron chi connectivity index (χ4n) is 1.96. The lowest BCUT2D eigenvalue weighted by Gasteiger charge is -2.24. The molecule has 0 amide bonds. The van der Waals surface area contributed by atoms with E-state index in [1.807, 2.05) is 0 Å². The fourth-order valence-corrected chi connectivity index (χ4v) is 1.96. The van der Waals surface area contributed by atoms with Crippen molar-refractivity contribution in [1.29, 1.82) is 0 Å². The van der Waals surface area contributed by atoms with Crippen LogP contribution in [-0.2, 0) is 4.74 Å². The van der Waals surface area contributed by atoms with E-state index in [4.69, 9.17) is 9.84 Å². The van der Waals surface area contributed by atoms with Crippen LogP contribution in [0.25, 0.3) is 0 Å². The van der Waals surface area contributed by atoms with Gasteiger partial charge in [0.25, 0.3) is 0 Å². The standard InChI is InChI=1S/C11H23NO2/c1-3-11(9-4-5-9)12-10(6-7-13)8-14-2/h9-13H,3-8H2,1-2H3. The number of methoxy groups -OCH3 is 1. The van der Waals surface area contributed by atoms with Crippen LogP contribution >= 0.6 is 0 Å². The molecule has 1 aliphatic carbocycles. The van der Waals surface area contributed by atoms with Crippen LogP contribution in [0.15, 0.2) is 0 Å². The van der Waals surface area contributed by atoms with Gasteiger partial charge in [-0.3, -0.25) is 0 Å². The Morgan fingerprint density at radius 2 is 2.21 bits per heavy atom. The number of hydrogen-bond acceptors (Lipinski definition) is 3. The predicted octanol–water partition coefficient (Wildman–Crippen LogP) is 1.16. The minimum atomic E-state index is 0.238. The van der Waals surface area contributed by atoms with Gasteiger partial charge in [0.05, 0.1) is 6.61 Å². The van der Waals surface area contributed by atoms with Crippen LogP contribution in [0.3, 0.4) is 0 Å². The summed E-state index contributed by atoms with van der Waals surface area (Å²) in [5, 5.41) is 12.5. The maximum Gasteiger partial charge on any atom is 0.0616 e. The first-order valence-electron chi connectivity index (χ1n) is 5.67. The maximum absolute atomic E-state index is 8.91. The first kappa shape index (κ1) is 12.0. The summed E-state index contributed by atoms with van der Waals surface area (Å²) in [6, 6.07) is 0.942. The molecular formula is C11H23NO2. The predicted molar refractivity (Wildman–Crippen MR) is 57.3 cm³/mol. The summed E-state index contributed by atoms with van der Waals surface area (Å²) >= 11 is 0. The lowest BCUT2D eigenvalue weighted by atomic mass is 10.1. The molecule has 0 aromatic carbocycles. The third-order valence-corrected chi connectivity index (χ3v) is 2.93. The van der Waals surface area contributed by atoms with Crippen LogP contribution in [0.1, 0.15) is 32.6 Å². The molecule has 2 unspecified atom stereocenters. The van der Waals surface area contributed by atoms with E-state index in [0.29, 0.717) is 18.7 Å². The SMILES string of the molecule is CCC(NC(CCO)COC)C1CC1. The molecule has 1 saturated carbocycles. The summed E-state index contributed by atoms with van der Waals surface area (Å²) in [4.78, 5) is 0. The van der Waals surface area contributed by atoms with Crippen LogP contribution in [0, 0.1) is 5.92 Å². The number of rotatable bonds is 8. The molecule has 2 atom stereocenters. The van der Waals surface area contributed by atoms with Gasteiger partial charge >= 0.3 is 0 Å². The fraction of sp³-hybridized carbons (Fsp3) is 1.00. The van der Waals surface area contributed by atoms with Gasteiger partial charge in [0.15, 0.2) is 0 Å². The Bertz CT molecular complexity index is 142. The second-order valence-electron chi connectivity index (χ2n) is 4.18. The van der Waals surface area contributed by atoms with Gasteiger partial charge < -0.3 is 15.2 Å². The number of ether oxygens (including phenoxy) is 1. The van der Waals surface area contributed by atoms with Crippen molar-refractivity contribution in [3.05, 3.63) is 0 Å². The Hall–Kier alpha value is -0.120. The molecule has 1 aliphatic rings. The Balaban J connectivity index is 2.27. The molecule has 0 radical (unpaired) electrons. The smallest absolute Gasteiger partial charge is 0.0616 e. The third-order valence-electron chi connectivity index (χ3n) is 2.93. The number of aliphatic hydroxyl groups is 1. The lowest BCUT2D eigenvalue weighted by Crippen LogP contribution is -2.42. The van der Waals surface area contributed by atoms with Crippen molar-refractivity contribution >= 4 is 0 Å². The number of nitrogens with one attached hydrogen (secondary N) is 1. The monoisotopic (exact) mass is 201 g/mol. The Kier molecular flexibility index (Phi) is 5.45. The summed E-state index contributed by atoms with van der Waals surface area (Å²) in [7, 11) is 1.71. The maximum atomic E-state index is 8.91. The highest BCUT2D eigenvalue weighted by Gasteiger charge is 2.30. The van der Waals surface area contributed by atoms with Crippen LogP contribution in [0.4, 0.5) is 0 Å². The van der Waals surface area contributed by atoms with Gasteiger partial charge in [0.1, 0.15) is 0 Å². The molecule has 0 aromatic heterocycles. The molecule has 0 spiro atoms. The van der Waals surface area contributed by atoms with E-state index in [1.165, 1.54) is 19.3 Å². The van der Waals surface area contributed by atoms with E-state index in [2.05, 4.69) is 12.2 Å². The first-order valence-corrected chi connectivity index (χ1v) is 5.67. The number of hydrogen-bond donors (Lipinski definition) is 2. The Labute approximate surface area is 86.8 Å². The summed E-state index contributed by atoms with van der Waals surface area (Å²) in [6.07, 6.45) is 4.70. The van der Waals surface area contributed by atoms with Crippen LogP contribution in [0.5, 0.6) is 0 Å². The first-order chi connectivity index (χ1) is 6.81. The van der Waals surface area contributed by atoms with Crippen LogP contribution in [0.2, 0.25) is 0 Å². The van der Waals surface area contributed by atoms with E-state index in [1.54, 1.807) is 7.11 Å². The zero-order chi connectivity index (χ0) is 10.4. The summed E-state index contributed by atoms with van der Waals surface area (Å²) < 4.78 is 5.13. The molecule has 3 heteroatoms. The van der Waals surface area contributed by atoms with Gasteiger partial charge in [-0.15, -0.1) is 0 Å². The molecule has 84 valence electrons. The van der Waals surface area contributed by atoms with Crippen molar-refractivity contribution in [1.82, 2.24) is 5.32 Å². The summed E-state index contributed by atoms with van der Waals surface area (Å²) in [5.41, 5.74) is 0. The molecule has 2 N–H and O–H groups in total. The van der Waals surface area contributed by atoms with Gasteiger partial charge in [-0.05, 0) is 31.6 Å². The molecule has 14 heavy (non-hydrogen) atoms. The van der Waals surface area contributed by atoms with E-state index < -0.39 is 0 Å². The average Bonchev–Trinajstić information content (AvgIpc) is 2.98. The highest BCUT2D eigenvalue weighted by atomic mass is 16.5. The molecule has 1 fully saturated rings. The summed E-state index contributed by atoms with van der Waals surface area (Å²) in [5.74, 6) is 0.873. The van der Waals surface area contributed by atoms with Crippen LogP contribution in [-0.4, -0.2) is 37.5 Å². The minimum absolute atomic E-state index is 0.238. The highest BCUT2D eigenvalue weighted by Crippen LogP contribution is 2.34. The second kappa shape index (κ2) is 6.38. The van der Waals surface area contributed by atoms with Gasteiger partial charge in [-0.25, -0.2) is 0 Å². The quantitative estimate of drug-likeness (QED) is 0.619. The van der Waals surface area contributed by atoms with Gasteiger partial charge in [0.2, 0.25) is 0 Å². The topological polar surface area (TPSA) is 41.5 Å². The third kappa shape index (κ3) is 3.95. The van der Waals surface area contributed by atoms with Gasteiger partial charge in [0, 0.05) is 25.8 Å². The van der Waals surface area contributed by atoms with Crippen molar-refractivity contribution in [2.24, 2.45) is 5.92 Å². The van der Waals surface area contributed by atoms with Crippen molar-refractivity contribution in [3.8, 4) is 0 Å². The largest absolute Gasteiger partial charge is 0.396 e. The second-order valence-corrected chi connectivity index (χ2v) is 4.18. The lowest BCUT2D eigenvalue weighted by molar-refractivity contribution is 0.140. The zero-order valence-corrected chi connectivity index (χ0v) is 9.33. The molecule has 0 saturated heterocycles. The van der Waals surface area contributed by atoms with E-state index in [-0.39, 0.29) is 6.61 Å². The molecule has 0 aliphatic heterocycles. The van der Waals surface area contributed by atoms with Crippen molar-refractivity contribution in [2.45, 2.75) is 44.7 Å². The summed E-state index contributed by atoms with van der Waals surface area (Å²) in [6.45, 7) is 3.16. The van der Waals surface area contributed by atoms with E-state index in [9.17, 15) is 0 Å². The van der Waals surface area contributed by atoms with Gasteiger partial charge in [-0.2, -0.15) is 0 Å². The van der Waals surface area contributed by atoms with Crippen molar-refractivity contribution in [3.63, 3.8) is 0 Å². The molecular weight excluding hydrogens is 178 g/mol. The molecule has 1 rings (SSSR count). The van der Waals surface area contributed by atoms with E-state index >= 15 is 0 Å².